The second-order valence-electron chi connectivity index (χ2n) is 7.28. The van der Waals surface area contributed by atoms with Crippen molar-refractivity contribution in [2.24, 2.45) is 0 Å². The standard InChI is InChI=1S/C22H22FN3O2/c1-24(2)17-9-11-18(12-10-17)26-21(27)19(15-5-7-16(23)8-6-15)20(22(26)28)25-13-3-4-14-25/h5-12H,3-4,13-14H2,1-2H3. The van der Waals surface area contributed by atoms with E-state index < -0.39 is 0 Å². The summed E-state index contributed by atoms with van der Waals surface area (Å²) in [6.07, 6.45) is 1.97. The highest BCUT2D eigenvalue weighted by molar-refractivity contribution is 6.45. The van der Waals surface area contributed by atoms with Crippen molar-refractivity contribution in [2.45, 2.75) is 12.8 Å². The lowest BCUT2D eigenvalue weighted by molar-refractivity contribution is -0.120. The van der Waals surface area contributed by atoms with E-state index in [-0.39, 0.29) is 17.6 Å². The third-order valence-electron chi connectivity index (χ3n) is 5.24. The second-order valence-corrected chi connectivity index (χ2v) is 7.28. The molecule has 5 nitrogen and oxygen atoms in total. The molecule has 2 aromatic carbocycles. The van der Waals surface area contributed by atoms with Gasteiger partial charge in [-0.1, -0.05) is 12.1 Å². The van der Waals surface area contributed by atoms with Crippen LogP contribution in [0.2, 0.25) is 0 Å². The lowest BCUT2D eigenvalue weighted by Gasteiger charge is -2.21. The molecule has 0 unspecified atom stereocenters. The van der Waals surface area contributed by atoms with E-state index in [9.17, 15) is 14.0 Å². The van der Waals surface area contributed by atoms with Gasteiger partial charge in [0, 0.05) is 32.9 Å². The van der Waals surface area contributed by atoms with Crippen LogP contribution in [0.25, 0.3) is 5.57 Å². The molecule has 0 saturated carbocycles. The maximum Gasteiger partial charge on any atom is 0.282 e. The Labute approximate surface area is 163 Å². The first kappa shape index (κ1) is 18.2. The van der Waals surface area contributed by atoms with Gasteiger partial charge in [0.15, 0.2) is 0 Å². The van der Waals surface area contributed by atoms with E-state index in [1.165, 1.54) is 17.0 Å². The van der Waals surface area contributed by atoms with Crippen molar-refractivity contribution < 1.29 is 14.0 Å². The third kappa shape index (κ3) is 3.05. The van der Waals surface area contributed by atoms with Crippen molar-refractivity contribution in [3.05, 3.63) is 65.6 Å². The molecule has 1 saturated heterocycles. The van der Waals surface area contributed by atoms with E-state index in [1.807, 2.05) is 36.0 Å². The first-order chi connectivity index (χ1) is 13.5. The summed E-state index contributed by atoms with van der Waals surface area (Å²) in [7, 11) is 3.86. The average Bonchev–Trinajstić information content (AvgIpc) is 3.29. The molecule has 2 aromatic rings. The quantitative estimate of drug-likeness (QED) is 0.765. The average molecular weight is 379 g/mol. The van der Waals surface area contributed by atoms with Crippen molar-refractivity contribution in [3.8, 4) is 0 Å². The summed E-state index contributed by atoms with van der Waals surface area (Å²) in [6, 6.07) is 13.1. The van der Waals surface area contributed by atoms with Gasteiger partial charge in [-0.3, -0.25) is 9.59 Å². The van der Waals surface area contributed by atoms with Crippen LogP contribution in [0.4, 0.5) is 15.8 Å². The highest BCUT2D eigenvalue weighted by Crippen LogP contribution is 2.36. The van der Waals surface area contributed by atoms with Crippen LogP contribution >= 0.6 is 0 Å². The molecule has 0 aromatic heterocycles. The van der Waals surface area contributed by atoms with E-state index in [0.29, 0.717) is 22.5 Å². The molecule has 0 bridgehead atoms. The number of hydrogen-bond donors (Lipinski definition) is 0. The Bertz CT molecular complexity index is 943. The molecule has 0 atom stereocenters. The van der Waals surface area contributed by atoms with Gasteiger partial charge in [-0.15, -0.1) is 0 Å². The van der Waals surface area contributed by atoms with Crippen LogP contribution in [0, 0.1) is 5.82 Å². The first-order valence-corrected chi connectivity index (χ1v) is 9.38. The predicted molar refractivity (Wildman–Crippen MR) is 107 cm³/mol. The van der Waals surface area contributed by atoms with Gasteiger partial charge in [-0.25, -0.2) is 9.29 Å². The van der Waals surface area contributed by atoms with Crippen LogP contribution in [0.5, 0.6) is 0 Å². The van der Waals surface area contributed by atoms with Crippen LogP contribution in [0.3, 0.4) is 0 Å². The topological polar surface area (TPSA) is 43.9 Å². The van der Waals surface area contributed by atoms with Gasteiger partial charge in [0.2, 0.25) is 0 Å². The summed E-state index contributed by atoms with van der Waals surface area (Å²) < 4.78 is 13.4. The van der Waals surface area contributed by atoms with E-state index in [1.54, 1.807) is 24.3 Å². The van der Waals surface area contributed by atoms with Crippen molar-refractivity contribution in [1.82, 2.24) is 4.90 Å². The number of likely N-dealkylation sites (tertiary alicyclic amines) is 1. The summed E-state index contributed by atoms with van der Waals surface area (Å²) in [5, 5.41) is 0. The fourth-order valence-corrected chi connectivity index (χ4v) is 3.76. The zero-order chi connectivity index (χ0) is 19.8. The monoisotopic (exact) mass is 379 g/mol. The Kier molecular flexibility index (Phi) is 4.63. The summed E-state index contributed by atoms with van der Waals surface area (Å²) in [5.74, 6) is -1.06. The van der Waals surface area contributed by atoms with E-state index in [2.05, 4.69) is 0 Å². The normalized spacial score (nSPS) is 17.1. The van der Waals surface area contributed by atoms with Gasteiger partial charge in [-0.05, 0) is 54.8 Å². The minimum Gasteiger partial charge on any atom is -0.378 e. The number of anilines is 2. The van der Waals surface area contributed by atoms with Gasteiger partial charge in [-0.2, -0.15) is 0 Å². The van der Waals surface area contributed by atoms with Gasteiger partial charge >= 0.3 is 0 Å². The van der Waals surface area contributed by atoms with Crippen LogP contribution in [0.1, 0.15) is 18.4 Å². The number of carbonyl (C=O) groups excluding carboxylic acids is 2. The second kappa shape index (κ2) is 7.11. The fourth-order valence-electron chi connectivity index (χ4n) is 3.76. The highest BCUT2D eigenvalue weighted by atomic mass is 19.1. The molecule has 1 fully saturated rings. The molecule has 0 spiro atoms. The highest BCUT2D eigenvalue weighted by Gasteiger charge is 2.42. The van der Waals surface area contributed by atoms with Gasteiger partial charge in [0.1, 0.15) is 11.5 Å². The predicted octanol–water partition coefficient (Wildman–Crippen LogP) is 3.27. The van der Waals surface area contributed by atoms with Gasteiger partial charge < -0.3 is 9.80 Å². The molecule has 2 heterocycles. The smallest absolute Gasteiger partial charge is 0.282 e. The lowest BCUT2D eigenvalue weighted by atomic mass is 10.0. The lowest BCUT2D eigenvalue weighted by Crippen LogP contribution is -2.34. The fraction of sp³-hybridized carbons (Fsp3) is 0.273. The summed E-state index contributed by atoms with van der Waals surface area (Å²) in [4.78, 5) is 31.8. The van der Waals surface area contributed by atoms with Crippen LogP contribution in [-0.2, 0) is 9.59 Å². The van der Waals surface area contributed by atoms with E-state index in [0.717, 1.165) is 31.6 Å². The number of amides is 2. The van der Waals surface area contributed by atoms with Crippen LogP contribution in [0.15, 0.2) is 54.2 Å². The minimum absolute atomic E-state index is 0.316. The summed E-state index contributed by atoms with van der Waals surface area (Å²) in [6.45, 7) is 1.49. The van der Waals surface area contributed by atoms with Gasteiger partial charge in [0.25, 0.3) is 11.8 Å². The molecule has 2 amide bonds. The molecule has 0 N–H and O–H groups in total. The Hall–Kier alpha value is -3.15. The first-order valence-electron chi connectivity index (χ1n) is 9.38. The maximum absolute atomic E-state index is 13.4. The largest absolute Gasteiger partial charge is 0.378 e. The molecule has 28 heavy (non-hydrogen) atoms. The minimum atomic E-state index is -0.375. The number of nitrogens with zero attached hydrogens (tertiary/aromatic N) is 3. The SMILES string of the molecule is CN(C)c1ccc(N2C(=O)C(c3ccc(F)cc3)=C(N3CCCC3)C2=O)cc1. The molecule has 2 aliphatic rings. The molecule has 0 aliphatic carbocycles. The summed E-state index contributed by atoms with van der Waals surface area (Å²) >= 11 is 0. The van der Waals surface area contributed by atoms with Crippen LogP contribution in [-0.4, -0.2) is 43.9 Å². The number of rotatable bonds is 4. The van der Waals surface area contributed by atoms with E-state index in [4.69, 9.17) is 0 Å². The Morgan fingerprint density at radius 2 is 1.46 bits per heavy atom. The number of carbonyl (C=O) groups is 2. The maximum atomic E-state index is 13.4. The van der Waals surface area contributed by atoms with E-state index >= 15 is 0 Å². The number of halogens is 1. The van der Waals surface area contributed by atoms with Crippen LogP contribution < -0.4 is 9.80 Å². The summed E-state index contributed by atoms with van der Waals surface area (Å²) in [5.41, 5.74) is 2.85. The van der Waals surface area contributed by atoms with Gasteiger partial charge in [0.05, 0.1) is 11.3 Å². The third-order valence-corrected chi connectivity index (χ3v) is 5.24. The number of hydrogen-bond acceptors (Lipinski definition) is 4. The van der Waals surface area contributed by atoms with Crippen molar-refractivity contribution >= 4 is 28.8 Å². The molecular formula is C22H22FN3O2. The molecule has 144 valence electrons. The molecule has 2 aliphatic heterocycles. The zero-order valence-corrected chi connectivity index (χ0v) is 16.0. The number of benzene rings is 2. The Morgan fingerprint density at radius 3 is 2.04 bits per heavy atom. The molecule has 6 heteroatoms. The molecule has 4 rings (SSSR count). The Balaban J connectivity index is 1.77. The molecule has 0 radical (unpaired) electrons. The molecular weight excluding hydrogens is 357 g/mol. The van der Waals surface area contributed by atoms with Crippen molar-refractivity contribution in [2.75, 3.05) is 37.0 Å². The van der Waals surface area contributed by atoms with Crippen molar-refractivity contribution in [1.29, 1.82) is 0 Å². The Morgan fingerprint density at radius 1 is 0.857 bits per heavy atom. The number of imide groups is 1. The van der Waals surface area contributed by atoms with Crippen molar-refractivity contribution in [3.63, 3.8) is 0 Å². The zero-order valence-electron chi connectivity index (χ0n) is 16.0.